The minimum absolute atomic E-state index is 0.0973. The Hall–Kier alpha value is -0.930. The van der Waals surface area contributed by atoms with Crippen LogP contribution < -0.4 is 5.32 Å². The summed E-state index contributed by atoms with van der Waals surface area (Å²) >= 11 is 0. The molecule has 16 heavy (non-hydrogen) atoms. The summed E-state index contributed by atoms with van der Waals surface area (Å²) in [5.41, 5.74) is 0.621. The number of rotatable bonds is 2. The molecule has 0 bridgehead atoms. The quantitative estimate of drug-likeness (QED) is 0.823. The van der Waals surface area contributed by atoms with Crippen LogP contribution in [0.3, 0.4) is 0 Å². The largest absolute Gasteiger partial charge is 0.315 e. The third-order valence-electron chi connectivity index (χ3n) is 3.59. The third-order valence-corrected chi connectivity index (χ3v) is 3.59. The Morgan fingerprint density at radius 3 is 2.62 bits per heavy atom. The molecule has 0 aromatic heterocycles. The molecule has 1 fully saturated rings. The van der Waals surface area contributed by atoms with Crippen molar-refractivity contribution < 1.29 is 4.39 Å². The predicted molar refractivity (Wildman–Crippen MR) is 63.9 cm³/mol. The average Bonchev–Trinajstić information content (AvgIpc) is 2.30. The zero-order chi connectivity index (χ0) is 11.6. The van der Waals surface area contributed by atoms with E-state index in [0.29, 0.717) is 0 Å². The maximum Gasteiger partial charge on any atom is 0.128 e. The first-order chi connectivity index (χ1) is 7.67. The molecular formula is C13H19FN2. The molecule has 0 aliphatic carbocycles. The molecule has 1 aliphatic heterocycles. The molecule has 88 valence electrons. The predicted octanol–water partition coefficient (Wildman–Crippen LogP) is 1.97. The lowest BCUT2D eigenvalue weighted by molar-refractivity contribution is 0.109. The number of nitrogens with one attached hydrogen (secondary N) is 1. The fourth-order valence-electron chi connectivity index (χ4n) is 2.58. The minimum Gasteiger partial charge on any atom is -0.315 e. The van der Waals surface area contributed by atoms with Crippen LogP contribution in [0.1, 0.15) is 18.4 Å². The molecule has 1 aromatic rings. The Morgan fingerprint density at radius 2 is 2.06 bits per heavy atom. The van der Waals surface area contributed by atoms with Gasteiger partial charge in [-0.15, -0.1) is 0 Å². The van der Waals surface area contributed by atoms with E-state index in [1.807, 2.05) is 26.2 Å². The van der Waals surface area contributed by atoms with Crippen LogP contribution in [-0.4, -0.2) is 32.1 Å². The van der Waals surface area contributed by atoms with Gasteiger partial charge in [-0.2, -0.15) is 0 Å². The van der Waals surface area contributed by atoms with Gasteiger partial charge < -0.3 is 5.32 Å². The van der Waals surface area contributed by atoms with Gasteiger partial charge in [0.1, 0.15) is 5.82 Å². The molecule has 3 heteroatoms. The molecule has 1 aliphatic rings. The SMILES string of the molecule is CN(C)C1(c2ccccc2F)CCCNC1. The Balaban J connectivity index is 2.43. The van der Waals surface area contributed by atoms with Crippen LogP contribution in [0.15, 0.2) is 24.3 Å². The van der Waals surface area contributed by atoms with Crippen LogP contribution in [-0.2, 0) is 5.54 Å². The number of likely N-dealkylation sites (N-methyl/N-ethyl adjacent to an activating group) is 1. The van der Waals surface area contributed by atoms with E-state index in [1.165, 1.54) is 0 Å². The molecule has 0 amide bonds. The topological polar surface area (TPSA) is 15.3 Å². The van der Waals surface area contributed by atoms with E-state index in [1.54, 1.807) is 12.1 Å². The van der Waals surface area contributed by atoms with Crippen molar-refractivity contribution in [2.75, 3.05) is 27.2 Å². The second-order valence-electron chi connectivity index (χ2n) is 4.69. The summed E-state index contributed by atoms with van der Waals surface area (Å²) in [5.74, 6) is -0.0973. The minimum atomic E-state index is -0.191. The lowest BCUT2D eigenvalue weighted by Gasteiger charge is -2.43. The van der Waals surface area contributed by atoms with Crippen molar-refractivity contribution in [1.82, 2.24) is 10.2 Å². The average molecular weight is 222 g/mol. The lowest BCUT2D eigenvalue weighted by atomic mass is 9.81. The second kappa shape index (κ2) is 4.52. The fourth-order valence-corrected chi connectivity index (χ4v) is 2.58. The highest BCUT2D eigenvalue weighted by atomic mass is 19.1. The molecular weight excluding hydrogens is 203 g/mol. The highest BCUT2D eigenvalue weighted by Crippen LogP contribution is 2.34. The molecule has 2 rings (SSSR count). The first-order valence-electron chi connectivity index (χ1n) is 5.80. The molecule has 0 saturated carbocycles. The highest BCUT2D eigenvalue weighted by molar-refractivity contribution is 5.27. The molecule has 2 nitrogen and oxygen atoms in total. The standard InChI is InChI=1S/C13H19FN2/c1-16(2)13(8-5-9-15-10-13)11-6-3-4-7-12(11)14/h3-4,6-7,15H,5,8-10H2,1-2H3. The van der Waals surface area contributed by atoms with Gasteiger partial charge in [0.05, 0.1) is 5.54 Å². The van der Waals surface area contributed by atoms with Gasteiger partial charge in [0.2, 0.25) is 0 Å². The summed E-state index contributed by atoms with van der Waals surface area (Å²) in [7, 11) is 4.05. The number of hydrogen-bond donors (Lipinski definition) is 1. The van der Waals surface area contributed by atoms with Crippen LogP contribution in [0.25, 0.3) is 0 Å². The van der Waals surface area contributed by atoms with Gasteiger partial charge in [-0.3, -0.25) is 4.90 Å². The molecule has 1 heterocycles. The van der Waals surface area contributed by atoms with Crippen molar-refractivity contribution >= 4 is 0 Å². The zero-order valence-electron chi connectivity index (χ0n) is 9.96. The summed E-state index contributed by atoms with van der Waals surface area (Å²) < 4.78 is 13.9. The van der Waals surface area contributed by atoms with Gasteiger partial charge in [0.15, 0.2) is 0 Å². The molecule has 1 unspecified atom stereocenters. The van der Waals surface area contributed by atoms with Gasteiger partial charge in [-0.25, -0.2) is 4.39 Å². The van der Waals surface area contributed by atoms with Gasteiger partial charge in [-0.1, -0.05) is 18.2 Å². The second-order valence-corrected chi connectivity index (χ2v) is 4.69. The molecule has 1 N–H and O–H groups in total. The molecule has 0 radical (unpaired) electrons. The number of benzene rings is 1. The Kier molecular flexibility index (Phi) is 3.26. The maximum absolute atomic E-state index is 13.9. The summed E-state index contributed by atoms with van der Waals surface area (Å²) in [4.78, 5) is 2.14. The monoisotopic (exact) mass is 222 g/mol. The van der Waals surface area contributed by atoms with Gasteiger partial charge in [0.25, 0.3) is 0 Å². The Labute approximate surface area is 96.5 Å². The van der Waals surface area contributed by atoms with E-state index < -0.39 is 0 Å². The van der Waals surface area contributed by atoms with E-state index in [-0.39, 0.29) is 11.4 Å². The van der Waals surface area contributed by atoms with Gasteiger partial charge in [0, 0.05) is 12.1 Å². The van der Waals surface area contributed by atoms with Crippen molar-refractivity contribution in [2.45, 2.75) is 18.4 Å². The number of piperidine rings is 1. The smallest absolute Gasteiger partial charge is 0.128 e. The lowest BCUT2D eigenvalue weighted by Crippen LogP contribution is -2.52. The van der Waals surface area contributed by atoms with E-state index in [2.05, 4.69) is 10.2 Å². The van der Waals surface area contributed by atoms with Crippen LogP contribution in [0.2, 0.25) is 0 Å². The highest BCUT2D eigenvalue weighted by Gasteiger charge is 2.37. The third kappa shape index (κ3) is 1.85. The van der Waals surface area contributed by atoms with E-state index >= 15 is 0 Å². The van der Waals surface area contributed by atoms with Crippen molar-refractivity contribution in [2.24, 2.45) is 0 Å². The molecule has 1 atom stereocenters. The van der Waals surface area contributed by atoms with Gasteiger partial charge in [-0.05, 0) is 39.5 Å². The van der Waals surface area contributed by atoms with E-state index in [9.17, 15) is 4.39 Å². The zero-order valence-corrected chi connectivity index (χ0v) is 9.96. The number of hydrogen-bond acceptors (Lipinski definition) is 2. The van der Waals surface area contributed by atoms with Crippen molar-refractivity contribution in [3.05, 3.63) is 35.6 Å². The molecule has 1 aromatic carbocycles. The van der Waals surface area contributed by atoms with Crippen molar-refractivity contribution in [3.8, 4) is 0 Å². The first kappa shape index (κ1) is 11.6. The summed E-state index contributed by atoms with van der Waals surface area (Å²) in [5, 5.41) is 3.37. The van der Waals surface area contributed by atoms with Gasteiger partial charge >= 0.3 is 0 Å². The van der Waals surface area contributed by atoms with Crippen LogP contribution in [0.4, 0.5) is 4.39 Å². The normalized spacial score (nSPS) is 26.0. The summed E-state index contributed by atoms with van der Waals surface area (Å²) in [6, 6.07) is 7.12. The summed E-state index contributed by atoms with van der Waals surface area (Å²) in [6.45, 7) is 1.85. The Bertz CT molecular complexity index is 357. The fraction of sp³-hybridized carbons (Fsp3) is 0.538. The van der Waals surface area contributed by atoms with Crippen LogP contribution >= 0.6 is 0 Å². The molecule has 0 spiro atoms. The summed E-state index contributed by atoms with van der Waals surface area (Å²) in [6.07, 6.45) is 2.10. The van der Waals surface area contributed by atoms with Crippen molar-refractivity contribution in [3.63, 3.8) is 0 Å². The van der Waals surface area contributed by atoms with E-state index in [0.717, 1.165) is 31.5 Å². The Morgan fingerprint density at radius 1 is 1.31 bits per heavy atom. The first-order valence-corrected chi connectivity index (χ1v) is 5.80. The van der Waals surface area contributed by atoms with Crippen molar-refractivity contribution in [1.29, 1.82) is 0 Å². The van der Waals surface area contributed by atoms with Crippen LogP contribution in [0, 0.1) is 5.82 Å². The molecule has 1 saturated heterocycles. The van der Waals surface area contributed by atoms with E-state index in [4.69, 9.17) is 0 Å². The maximum atomic E-state index is 13.9. The number of nitrogens with zero attached hydrogens (tertiary/aromatic N) is 1. The number of halogens is 1. The van der Waals surface area contributed by atoms with Crippen LogP contribution in [0.5, 0.6) is 0 Å².